The van der Waals surface area contributed by atoms with Gasteiger partial charge in [-0.05, 0) is 24.6 Å². The Morgan fingerprint density at radius 2 is 1.69 bits per heavy atom. The van der Waals surface area contributed by atoms with E-state index >= 15 is 0 Å². The number of para-hydroxylation sites is 1. The molecule has 3 rings (SSSR count). The van der Waals surface area contributed by atoms with Crippen LogP contribution in [0.1, 0.15) is 17.3 Å². The first-order valence-corrected chi connectivity index (χ1v) is 9.55. The van der Waals surface area contributed by atoms with Crippen LogP contribution >= 0.6 is 0 Å². The molecular weight excluding hydrogens is 425 g/mol. The number of benzene rings is 2. The summed E-state index contributed by atoms with van der Waals surface area (Å²) in [5.74, 6) is -1.68. The smallest absolute Gasteiger partial charge is 0.422 e. The largest absolute Gasteiger partial charge is 0.468 e. The minimum atomic E-state index is -4.50. The number of rotatable bonds is 7. The summed E-state index contributed by atoms with van der Waals surface area (Å²) in [5.41, 5.74) is 2.23. The topological polar surface area (TPSA) is 77.5 Å². The number of alkyl halides is 3. The van der Waals surface area contributed by atoms with Crippen molar-refractivity contribution in [3.63, 3.8) is 0 Å². The van der Waals surface area contributed by atoms with Crippen molar-refractivity contribution in [2.45, 2.75) is 19.2 Å². The predicted octanol–water partition coefficient (Wildman–Crippen LogP) is 4.87. The zero-order chi connectivity index (χ0) is 23.1. The Balaban J connectivity index is 1.61. The van der Waals surface area contributed by atoms with Crippen molar-refractivity contribution in [1.29, 1.82) is 0 Å². The maximum Gasteiger partial charge on any atom is 0.422 e. The van der Waals surface area contributed by atoms with Gasteiger partial charge in [0.1, 0.15) is 0 Å². The third kappa shape index (κ3) is 6.31. The van der Waals surface area contributed by atoms with Gasteiger partial charge >= 0.3 is 12.1 Å². The molecule has 1 heterocycles. The van der Waals surface area contributed by atoms with Gasteiger partial charge in [0, 0.05) is 23.5 Å². The second-order valence-corrected chi connectivity index (χ2v) is 6.74. The number of anilines is 1. The van der Waals surface area contributed by atoms with E-state index in [0.717, 1.165) is 23.4 Å². The number of ether oxygens (including phenoxy) is 2. The number of carbonyl (C=O) groups excluding carboxylic acids is 2. The summed E-state index contributed by atoms with van der Waals surface area (Å²) < 4.78 is 46.2. The molecule has 1 atom stereocenters. The number of esters is 1. The molecule has 0 fully saturated rings. The van der Waals surface area contributed by atoms with Crippen LogP contribution in [-0.4, -0.2) is 35.7 Å². The maximum atomic E-state index is 12.6. The molecule has 0 aliphatic carbocycles. The second-order valence-electron chi connectivity index (χ2n) is 6.74. The normalized spacial score (nSPS) is 12.0. The molecule has 6 nitrogen and oxygen atoms in total. The molecule has 166 valence electrons. The van der Waals surface area contributed by atoms with E-state index in [1.807, 2.05) is 42.5 Å². The fourth-order valence-electron chi connectivity index (χ4n) is 2.72. The van der Waals surface area contributed by atoms with Crippen molar-refractivity contribution in [2.24, 2.45) is 0 Å². The van der Waals surface area contributed by atoms with Crippen molar-refractivity contribution in [3.8, 4) is 17.0 Å². The molecule has 1 amide bonds. The highest BCUT2D eigenvalue weighted by atomic mass is 19.4. The Hall–Kier alpha value is -3.88. The van der Waals surface area contributed by atoms with Gasteiger partial charge in [-0.1, -0.05) is 48.5 Å². The molecule has 1 N–H and O–H groups in total. The van der Waals surface area contributed by atoms with Gasteiger partial charge in [-0.2, -0.15) is 13.2 Å². The number of hydrogen-bond donors (Lipinski definition) is 1. The number of pyridine rings is 1. The number of carbonyl (C=O) groups is 2. The molecule has 2 aromatic carbocycles. The minimum Gasteiger partial charge on any atom is -0.468 e. The summed E-state index contributed by atoms with van der Waals surface area (Å²) in [5, 5.41) is 2.75. The van der Waals surface area contributed by atoms with Gasteiger partial charge < -0.3 is 14.8 Å². The van der Waals surface area contributed by atoms with Crippen molar-refractivity contribution >= 4 is 17.6 Å². The first-order valence-electron chi connectivity index (χ1n) is 9.55. The van der Waals surface area contributed by atoms with Crippen LogP contribution in [0.5, 0.6) is 5.88 Å². The van der Waals surface area contributed by atoms with E-state index in [-0.39, 0.29) is 11.4 Å². The molecule has 0 aliphatic rings. The number of hydrogen-bond acceptors (Lipinski definition) is 5. The van der Waals surface area contributed by atoms with E-state index in [1.54, 1.807) is 12.1 Å². The summed E-state index contributed by atoms with van der Waals surface area (Å²) in [7, 11) is 0. The van der Waals surface area contributed by atoms with Gasteiger partial charge in [0.2, 0.25) is 5.88 Å². The molecule has 1 aromatic heterocycles. The molecule has 9 heteroatoms. The zero-order valence-corrected chi connectivity index (χ0v) is 16.9. The highest BCUT2D eigenvalue weighted by Crippen LogP contribution is 2.27. The third-order valence-electron chi connectivity index (χ3n) is 4.28. The number of amides is 1. The summed E-state index contributed by atoms with van der Waals surface area (Å²) in [4.78, 5) is 28.5. The Morgan fingerprint density at radius 3 is 2.34 bits per heavy atom. The summed E-state index contributed by atoms with van der Waals surface area (Å²) >= 11 is 0. The van der Waals surface area contributed by atoms with E-state index in [0.29, 0.717) is 5.69 Å². The number of halogens is 3. The van der Waals surface area contributed by atoms with Gasteiger partial charge in [-0.25, -0.2) is 9.78 Å². The lowest BCUT2D eigenvalue weighted by Crippen LogP contribution is -2.30. The fourth-order valence-corrected chi connectivity index (χ4v) is 2.72. The molecule has 0 saturated heterocycles. The van der Waals surface area contributed by atoms with Crippen molar-refractivity contribution in [2.75, 3.05) is 11.9 Å². The number of aromatic nitrogens is 1. The Labute approximate surface area is 182 Å². The monoisotopic (exact) mass is 444 g/mol. The zero-order valence-electron chi connectivity index (χ0n) is 16.9. The average molecular weight is 444 g/mol. The van der Waals surface area contributed by atoms with Crippen molar-refractivity contribution in [1.82, 2.24) is 4.98 Å². The van der Waals surface area contributed by atoms with E-state index in [2.05, 4.69) is 15.0 Å². The highest BCUT2D eigenvalue weighted by molar-refractivity contribution is 5.99. The average Bonchev–Trinajstić information content (AvgIpc) is 2.78. The lowest BCUT2D eigenvalue weighted by molar-refractivity contribution is -0.154. The maximum absolute atomic E-state index is 12.6. The molecule has 0 bridgehead atoms. The predicted molar refractivity (Wildman–Crippen MR) is 111 cm³/mol. The molecule has 3 aromatic rings. The van der Waals surface area contributed by atoms with E-state index < -0.39 is 30.8 Å². The summed E-state index contributed by atoms with van der Waals surface area (Å²) in [6, 6.07) is 19.0. The van der Waals surface area contributed by atoms with Crippen molar-refractivity contribution in [3.05, 3.63) is 78.5 Å². The standard InChI is InChI=1S/C23H19F3N2O4/c1-15(32-22(30)17-11-12-20(27-13-17)31-14-23(24,25)26)21(29)28-19-10-6-5-9-18(19)16-7-3-2-4-8-16/h2-13,15H,14H2,1H3,(H,28,29). The number of nitrogens with one attached hydrogen (secondary N) is 1. The number of nitrogens with zero attached hydrogens (tertiary/aromatic N) is 1. The van der Waals surface area contributed by atoms with E-state index in [1.165, 1.54) is 13.0 Å². The minimum absolute atomic E-state index is 0.0336. The molecule has 32 heavy (non-hydrogen) atoms. The molecule has 1 unspecified atom stereocenters. The summed E-state index contributed by atoms with van der Waals surface area (Å²) in [6.07, 6.45) is -4.61. The van der Waals surface area contributed by atoms with Gasteiger partial charge in [-0.15, -0.1) is 0 Å². The Bertz CT molecular complexity index is 1070. The molecule has 0 aliphatic heterocycles. The Kier molecular flexibility index (Phi) is 7.09. The molecule has 0 radical (unpaired) electrons. The first kappa shape index (κ1) is 22.8. The van der Waals surface area contributed by atoms with Gasteiger partial charge in [0.05, 0.1) is 5.56 Å². The lowest BCUT2D eigenvalue weighted by Gasteiger charge is -2.16. The van der Waals surface area contributed by atoms with Crippen LogP contribution in [0.4, 0.5) is 18.9 Å². The Morgan fingerprint density at radius 1 is 1.00 bits per heavy atom. The van der Waals surface area contributed by atoms with Crippen molar-refractivity contribution < 1.29 is 32.2 Å². The molecule has 0 saturated carbocycles. The highest BCUT2D eigenvalue weighted by Gasteiger charge is 2.28. The van der Waals surface area contributed by atoms with Crippen LogP contribution < -0.4 is 10.1 Å². The fraction of sp³-hybridized carbons (Fsp3) is 0.174. The van der Waals surface area contributed by atoms with Gasteiger partial charge in [0.25, 0.3) is 5.91 Å². The lowest BCUT2D eigenvalue weighted by atomic mass is 10.0. The quantitative estimate of drug-likeness (QED) is 0.526. The van der Waals surface area contributed by atoms with Crippen LogP contribution in [0, 0.1) is 0 Å². The second kappa shape index (κ2) is 9.95. The summed E-state index contributed by atoms with van der Waals surface area (Å²) in [6.45, 7) is -0.0853. The third-order valence-corrected chi connectivity index (χ3v) is 4.28. The molecular formula is C23H19F3N2O4. The van der Waals surface area contributed by atoms with Crippen LogP contribution in [0.3, 0.4) is 0 Å². The van der Waals surface area contributed by atoms with Gasteiger partial charge in [-0.3, -0.25) is 4.79 Å². The first-order chi connectivity index (χ1) is 15.2. The van der Waals surface area contributed by atoms with E-state index in [4.69, 9.17) is 4.74 Å². The SMILES string of the molecule is CC(OC(=O)c1ccc(OCC(F)(F)F)nc1)C(=O)Nc1ccccc1-c1ccccc1. The van der Waals surface area contributed by atoms with Crippen LogP contribution in [-0.2, 0) is 9.53 Å². The van der Waals surface area contributed by atoms with Gasteiger partial charge in [0.15, 0.2) is 12.7 Å². The van der Waals surface area contributed by atoms with Crippen LogP contribution in [0.15, 0.2) is 72.9 Å². The molecule has 0 spiro atoms. The van der Waals surface area contributed by atoms with Crippen LogP contribution in [0.2, 0.25) is 0 Å². The van der Waals surface area contributed by atoms with E-state index in [9.17, 15) is 22.8 Å². The van der Waals surface area contributed by atoms with Crippen LogP contribution in [0.25, 0.3) is 11.1 Å².